The van der Waals surface area contributed by atoms with E-state index in [0.29, 0.717) is 5.82 Å². The molecule has 2 rings (SSSR count). The zero-order valence-corrected chi connectivity index (χ0v) is 10.9. The minimum absolute atomic E-state index is 0.0233. The Kier molecular flexibility index (Phi) is 2.69. The Bertz CT molecular complexity index is 515. The number of aromatic nitrogens is 2. The molecule has 0 atom stereocenters. The SMILES string of the molecule is Cc1ccc(-n2nc(N)cc2C(C)(C)C)cc1. The maximum atomic E-state index is 5.81. The van der Waals surface area contributed by atoms with Crippen LogP contribution in [0, 0.1) is 6.92 Å². The fraction of sp³-hybridized carbons (Fsp3) is 0.357. The van der Waals surface area contributed by atoms with Crippen molar-refractivity contribution in [1.82, 2.24) is 9.78 Å². The first-order valence-corrected chi connectivity index (χ1v) is 5.81. The van der Waals surface area contributed by atoms with Gasteiger partial charge in [-0.05, 0) is 19.1 Å². The van der Waals surface area contributed by atoms with Crippen LogP contribution in [0.25, 0.3) is 5.69 Å². The van der Waals surface area contributed by atoms with E-state index >= 15 is 0 Å². The molecule has 0 saturated heterocycles. The summed E-state index contributed by atoms with van der Waals surface area (Å²) in [6, 6.07) is 10.2. The highest BCUT2D eigenvalue weighted by Crippen LogP contribution is 2.26. The van der Waals surface area contributed by atoms with E-state index in [1.54, 1.807) is 0 Å². The highest BCUT2D eigenvalue weighted by atomic mass is 15.3. The Morgan fingerprint density at radius 3 is 2.24 bits per heavy atom. The van der Waals surface area contributed by atoms with Crippen LogP contribution in [0.2, 0.25) is 0 Å². The van der Waals surface area contributed by atoms with Crippen LogP contribution in [-0.2, 0) is 5.41 Å². The van der Waals surface area contributed by atoms with Crippen molar-refractivity contribution >= 4 is 5.82 Å². The van der Waals surface area contributed by atoms with E-state index in [1.165, 1.54) is 5.56 Å². The molecule has 0 aliphatic heterocycles. The smallest absolute Gasteiger partial charge is 0.146 e. The standard InChI is InChI=1S/C14H19N3/c1-10-5-7-11(8-6-10)17-12(14(2,3)4)9-13(15)16-17/h5-9H,1-4H3,(H2,15,16). The monoisotopic (exact) mass is 229 g/mol. The number of nitrogens with two attached hydrogens (primary N) is 1. The van der Waals surface area contributed by atoms with Gasteiger partial charge in [-0.15, -0.1) is 0 Å². The zero-order chi connectivity index (χ0) is 12.6. The molecule has 0 saturated carbocycles. The quantitative estimate of drug-likeness (QED) is 0.816. The van der Waals surface area contributed by atoms with Crippen molar-refractivity contribution in [3.63, 3.8) is 0 Å². The molecule has 0 unspecified atom stereocenters. The summed E-state index contributed by atoms with van der Waals surface area (Å²) in [5, 5.41) is 4.37. The Labute approximate surface area is 102 Å². The Morgan fingerprint density at radius 1 is 1.12 bits per heavy atom. The van der Waals surface area contributed by atoms with Gasteiger partial charge in [0, 0.05) is 11.5 Å². The average molecular weight is 229 g/mol. The predicted octanol–water partition coefficient (Wildman–Crippen LogP) is 3.06. The van der Waals surface area contributed by atoms with Gasteiger partial charge in [-0.2, -0.15) is 5.10 Å². The lowest BCUT2D eigenvalue weighted by atomic mass is 9.92. The number of hydrogen-bond donors (Lipinski definition) is 1. The van der Waals surface area contributed by atoms with Gasteiger partial charge >= 0.3 is 0 Å². The van der Waals surface area contributed by atoms with Gasteiger partial charge in [0.25, 0.3) is 0 Å². The van der Waals surface area contributed by atoms with Gasteiger partial charge in [-0.3, -0.25) is 0 Å². The molecular weight excluding hydrogens is 210 g/mol. The van der Waals surface area contributed by atoms with Crippen molar-refractivity contribution in [3.8, 4) is 5.69 Å². The molecule has 90 valence electrons. The van der Waals surface area contributed by atoms with E-state index in [1.807, 2.05) is 10.7 Å². The van der Waals surface area contributed by atoms with Gasteiger partial charge < -0.3 is 5.73 Å². The summed E-state index contributed by atoms with van der Waals surface area (Å²) in [6.45, 7) is 8.56. The molecule has 1 aromatic heterocycles. The molecule has 0 amide bonds. The first-order chi connectivity index (χ1) is 7.88. The van der Waals surface area contributed by atoms with Crippen LogP contribution in [0.1, 0.15) is 32.0 Å². The van der Waals surface area contributed by atoms with Crippen LogP contribution in [0.15, 0.2) is 30.3 Å². The lowest BCUT2D eigenvalue weighted by molar-refractivity contribution is 0.544. The van der Waals surface area contributed by atoms with Crippen LogP contribution in [-0.4, -0.2) is 9.78 Å². The highest BCUT2D eigenvalue weighted by Gasteiger charge is 2.21. The molecule has 0 aliphatic carbocycles. The Morgan fingerprint density at radius 2 is 1.71 bits per heavy atom. The summed E-state index contributed by atoms with van der Waals surface area (Å²) in [5.41, 5.74) is 9.25. The number of nitrogens with zero attached hydrogens (tertiary/aromatic N) is 2. The lowest BCUT2D eigenvalue weighted by Gasteiger charge is -2.20. The summed E-state index contributed by atoms with van der Waals surface area (Å²) < 4.78 is 1.93. The van der Waals surface area contributed by atoms with E-state index in [-0.39, 0.29) is 5.41 Å². The van der Waals surface area contributed by atoms with Crippen molar-refractivity contribution in [1.29, 1.82) is 0 Å². The number of nitrogen functional groups attached to an aromatic ring is 1. The molecule has 2 N–H and O–H groups in total. The number of hydrogen-bond acceptors (Lipinski definition) is 2. The second-order valence-corrected chi connectivity index (χ2v) is 5.45. The van der Waals surface area contributed by atoms with Gasteiger partial charge in [0.05, 0.1) is 11.4 Å². The Balaban J connectivity index is 2.55. The minimum atomic E-state index is 0.0233. The topological polar surface area (TPSA) is 43.8 Å². The predicted molar refractivity (Wildman–Crippen MR) is 71.4 cm³/mol. The van der Waals surface area contributed by atoms with E-state index in [9.17, 15) is 0 Å². The van der Waals surface area contributed by atoms with Crippen molar-refractivity contribution in [3.05, 3.63) is 41.6 Å². The van der Waals surface area contributed by atoms with Crippen LogP contribution in [0.3, 0.4) is 0 Å². The third kappa shape index (κ3) is 2.33. The number of anilines is 1. The minimum Gasteiger partial charge on any atom is -0.382 e. The first kappa shape index (κ1) is 11.7. The molecule has 0 aliphatic rings. The largest absolute Gasteiger partial charge is 0.382 e. The van der Waals surface area contributed by atoms with E-state index in [4.69, 9.17) is 5.73 Å². The third-order valence-electron chi connectivity index (χ3n) is 2.78. The Hall–Kier alpha value is -1.77. The van der Waals surface area contributed by atoms with E-state index in [2.05, 4.69) is 57.1 Å². The molecule has 0 fully saturated rings. The molecular formula is C14H19N3. The van der Waals surface area contributed by atoms with Crippen LogP contribution in [0.5, 0.6) is 0 Å². The fourth-order valence-corrected chi connectivity index (χ4v) is 1.82. The number of aryl methyl sites for hydroxylation is 1. The molecule has 3 nitrogen and oxygen atoms in total. The van der Waals surface area contributed by atoms with Crippen molar-refractivity contribution in [2.24, 2.45) is 0 Å². The van der Waals surface area contributed by atoms with Gasteiger partial charge in [-0.1, -0.05) is 38.5 Å². The van der Waals surface area contributed by atoms with Gasteiger partial charge in [0.1, 0.15) is 5.82 Å². The fourth-order valence-electron chi connectivity index (χ4n) is 1.82. The number of rotatable bonds is 1. The second kappa shape index (κ2) is 3.91. The second-order valence-electron chi connectivity index (χ2n) is 5.45. The summed E-state index contributed by atoms with van der Waals surface area (Å²) >= 11 is 0. The maximum Gasteiger partial charge on any atom is 0.146 e. The summed E-state index contributed by atoms with van der Waals surface area (Å²) in [6.07, 6.45) is 0. The van der Waals surface area contributed by atoms with Crippen molar-refractivity contribution in [2.45, 2.75) is 33.1 Å². The summed E-state index contributed by atoms with van der Waals surface area (Å²) in [5.74, 6) is 0.565. The third-order valence-corrected chi connectivity index (χ3v) is 2.78. The van der Waals surface area contributed by atoms with E-state index in [0.717, 1.165) is 11.4 Å². The van der Waals surface area contributed by atoms with Crippen molar-refractivity contribution in [2.75, 3.05) is 5.73 Å². The molecule has 1 heterocycles. The molecule has 0 bridgehead atoms. The van der Waals surface area contributed by atoms with Crippen LogP contribution < -0.4 is 5.73 Å². The normalized spacial score (nSPS) is 11.8. The van der Waals surface area contributed by atoms with Crippen LogP contribution >= 0.6 is 0 Å². The highest BCUT2D eigenvalue weighted by molar-refractivity contribution is 5.41. The lowest BCUT2D eigenvalue weighted by Crippen LogP contribution is -2.17. The average Bonchev–Trinajstić information content (AvgIpc) is 2.61. The van der Waals surface area contributed by atoms with Gasteiger partial charge in [0.15, 0.2) is 0 Å². The van der Waals surface area contributed by atoms with Gasteiger partial charge in [0.2, 0.25) is 0 Å². The summed E-state index contributed by atoms with van der Waals surface area (Å²) in [4.78, 5) is 0. The molecule has 0 spiro atoms. The molecule has 2 aromatic rings. The van der Waals surface area contributed by atoms with Gasteiger partial charge in [-0.25, -0.2) is 4.68 Å². The molecule has 3 heteroatoms. The van der Waals surface area contributed by atoms with E-state index < -0.39 is 0 Å². The molecule has 1 aromatic carbocycles. The van der Waals surface area contributed by atoms with Crippen LogP contribution in [0.4, 0.5) is 5.82 Å². The van der Waals surface area contributed by atoms with Crippen molar-refractivity contribution < 1.29 is 0 Å². The maximum absolute atomic E-state index is 5.81. The molecule has 0 radical (unpaired) electrons. The number of benzene rings is 1. The first-order valence-electron chi connectivity index (χ1n) is 5.81. The molecule has 17 heavy (non-hydrogen) atoms. The zero-order valence-electron chi connectivity index (χ0n) is 10.9. The summed E-state index contributed by atoms with van der Waals surface area (Å²) in [7, 11) is 0.